The van der Waals surface area contributed by atoms with Gasteiger partial charge in [0.25, 0.3) is 0 Å². The Kier molecular flexibility index (Phi) is 3.15. The van der Waals surface area contributed by atoms with Crippen LogP contribution in [0.15, 0.2) is 0 Å². The molecule has 0 aromatic rings. The van der Waals surface area contributed by atoms with E-state index in [9.17, 15) is 34.8 Å². The standard InChI is InChI=1S/C20H24O11/c1-5-12(24)28-11-8(22)18-10-6(21)7(16(2,3)4)17(18)9(23)13(25)30-15(17)31-20(18,14(26)29-10)19(5,11)27/h5-11,15,21-23,27H,1-4H3/t5-,6-,7-,8?,9+,10-,11+,15+,17+,18-,19-,20-/m1/s1. The van der Waals surface area contributed by atoms with E-state index in [1.807, 2.05) is 0 Å². The molecule has 11 heteroatoms. The molecule has 0 aromatic carbocycles. The van der Waals surface area contributed by atoms with Crippen molar-refractivity contribution >= 4 is 17.9 Å². The van der Waals surface area contributed by atoms with Gasteiger partial charge in [0.1, 0.15) is 12.2 Å². The van der Waals surface area contributed by atoms with Gasteiger partial charge in [-0.05, 0) is 12.3 Å². The molecule has 2 spiro atoms. The minimum atomic E-state index is -2.40. The summed E-state index contributed by atoms with van der Waals surface area (Å²) in [6.07, 6.45) is -9.69. The fourth-order valence-electron chi connectivity index (χ4n) is 8.27. The van der Waals surface area contributed by atoms with Crippen molar-refractivity contribution in [3.63, 3.8) is 0 Å². The second kappa shape index (κ2) is 4.91. The van der Waals surface area contributed by atoms with E-state index < -0.39 is 94.0 Å². The molecule has 12 atom stereocenters. The lowest BCUT2D eigenvalue weighted by molar-refractivity contribution is -0.240. The third-order valence-electron chi connectivity index (χ3n) is 8.95. The van der Waals surface area contributed by atoms with Gasteiger partial charge in [-0.25, -0.2) is 9.59 Å². The summed E-state index contributed by atoms with van der Waals surface area (Å²) < 4.78 is 22.2. The van der Waals surface area contributed by atoms with Crippen LogP contribution in [0.2, 0.25) is 0 Å². The predicted molar refractivity (Wildman–Crippen MR) is 93.4 cm³/mol. The highest BCUT2D eigenvalue weighted by atomic mass is 16.8. The highest BCUT2D eigenvalue weighted by molar-refractivity contribution is 5.94. The molecule has 170 valence electrons. The summed E-state index contributed by atoms with van der Waals surface area (Å²) in [5, 5.41) is 46.1. The molecule has 4 aliphatic heterocycles. The Morgan fingerprint density at radius 2 is 1.58 bits per heavy atom. The molecule has 0 aromatic heterocycles. The van der Waals surface area contributed by atoms with Gasteiger partial charge in [0.05, 0.1) is 22.9 Å². The lowest BCUT2D eigenvalue weighted by atomic mass is 9.51. The lowest BCUT2D eigenvalue weighted by Crippen LogP contribution is -2.67. The number of aliphatic hydroxyl groups excluding tert-OH is 3. The molecular formula is C20H24O11. The number of ether oxygens (including phenoxy) is 4. The SMILES string of the molecule is C[C@@H]1C(=O)O[C@H]2C(O)[C@]34[C@@H]5OC(=O)[C@]3(O[C@@H]3OC(=O)[C@H](O)[C@@]34[C@@H](C(C)(C)C)[C@H]5O)[C@@]12O. The molecule has 0 radical (unpaired) electrons. The van der Waals surface area contributed by atoms with Gasteiger partial charge in [-0.1, -0.05) is 20.8 Å². The Balaban J connectivity index is 1.75. The maximum atomic E-state index is 13.4. The van der Waals surface area contributed by atoms with Crippen LogP contribution in [0.1, 0.15) is 27.7 Å². The molecule has 4 N–H and O–H groups in total. The van der Waals surface area contributed by atoms with Crippen LogP contribution in [-0.4, -0.2) is 86.3 Å². The van der Waals surface area contributed by atoms with Gasteiger partial charge in [0.15, 0.2) is 17.8 Å². The highest BCUT2D eigenvalue weighted by Crippen LogP contribution is 2.84. The van der Waals surface area contributed by atoms with Gasteiger partial charge in [-0.3, -0.25) is 4.79 Å². The van der Waals surface area contributed by atoms with Crippen molar-refractivity contribution in [2.45, 2.75) is 75.7 Å². The van der Waals surface area contributed by atoms with Gasteiger partial charge < -0.3 is 39.4 Å². The number of carbonyl (C=O) groups excluding carboxylic acids is 3. The van der Waals surface area contributed by atoms with Gasteiger partial charge in [0, 0.05) is 5.92 Å². The van der Waals surface area contributed by atoms with Crippen LogP contribution in [0.25, 0.3) is 0 Å². The van der Waals surface area contributed by atoms with Crippen molar-refractivity contribution < 1.29 is 53.8 Å². The first-order chi connectivity index (χ1) is 14.3. The summed E-state index contributed by atoms with van der Waals surface area (Å²) in [6.45, 7) is 6.63. The van der Waals surface area contributed by atoms with E-state index in [0.717, 1.165) is 0 Å². The summed E-state index contributed by atoms with van der Waals surface area (Å²) in [7, 11) is 0. The van der Waals surface area contributed by atoms with Crippen LogP contribution in [0.5, 0.6) is 0 Å². The topological polar surface area (TPSA) is 169 Å². The van der Waals surface area contributed by atoms with E-state index in [4.69, 9.17) is 18.9 Å². The zero-order valence-corrected chi connectivity index (χ0v) is 17.3. The first-order valence-corrected chi connectivity index (χ1v) is 10.3. The van der Waals surface area contributed by atoms with Crippen LogP contribution in [0.3, 0.4) is 0 Å². The van der Waals surface area contributed by atoms with Crippen molar-refractivity contribution in [1.29, 1.82) is 0 Å². The maximum Gasteiger partial charge on any atom is 0.343 e. The molecule has 6 fully saturated rings. The minimum Gasteiger partial charge on any atom is -0.456 e. The normalized spacial score (nSPS) is 61.0. The van der Waals surface area contributed by atoms with E-state index in [1.54, 1.807) is 20.8 Å². The Hall–Kier alpha value is -1.79. The van der Waals surface area contributed by atoms with E-state index in [0.29, 0.717) is 0 Å². The second-order valence-corrected chi connectivity index (χ2v) is 10.8. The van der Waals surface area contributed by atoms with Gasteiger partial charge in [-0.2, -0.15) is 0 Å². The highest BCUT2D eigenvalue weighted by Gasteiger charge is 3.05. The van der Waals surface area contributed by atoms with E-state index in [2.05, 4.69) is 0 Å². The molecule has 0 bridgehead atoms. The number of carbonyl (C=O) groups is 3. The lowest BCUT2D eigenvalue weighted by Gasteiger charge is -2.47. The van der Waals surface area contributed by atoms with Gasteiger partial charge in [-0.15, -0.1) is 0 Å². The number of rotatable bonds is 0. The summed E-state index contributed by atoms with van der Waals surface area (Å²) in [5.41, 5.74) is -9.40. The Morgan fingerprint density at radius 3 is 2.19 bits per heavy atom. The largest absolute Gasteiger partial charge is 0.456 e. The maximum absolute atomic E-state index is 13.4. The monoisotopic (exact) mass is 440 g/mol. The molecule has 6 aliphatic rings. The first-order valence-electron chi connectivity index (χ1n) is 10.3. The molecule has 6 rings (SSSR count). The second-order valence-electron chi connectivity index (χ2n) is 10.8. The number of hydrogen-bond donors (Lipinski definition) is 4. The molecule has 4 saturated heterocycles. The zero-order valence-electron chi connectivity index (χ0n) is 17.3. The predicted octanol–water partition coefficient (Wildman–Crippen LogP) is -2.40. The van der Waals surface area contributed by atoms with Crippen molar-refractivity contribution in [3.8, 4) is 0 Å². The smallest absolute Gasteiger partial charge is 0.343 e. The van der Waals surface area contributed by atoms with Crippen LogP contribution in [-0.2, 0) is 33.3 Å². The molecule has 2 aliphatic carbocycles. The first kappa shape index (κ1) is 19.9. The fraction of sp³-hybridized carbons (Fsp3) is 0.850. The molecule has 11 nitrogen and oxygen atoms in total. The quantitative estimate of drug-likeness (QED) is 0.234. The average Bonchev–Trinajstić information content (AvgIpc) is 3.35. The summed E-state index contributed by atoms with van der Waals surface area (Å²) >= 11 is 0. The van der Waals surface area contributed by atoms with Crippen molar-refractivity contribution in [2.24, 2.45) is 28.1 Å². The van der Waals surface area contributed by atoms with Crippen LogP contribution in [0.4, 0.5) is 0 Å². The van der Waals surface area contributed by atoms with Crippen molar-refractivity contribution in [1.82, 2.24) is 0 Å². The van der Waals surface area contributed by atoms with Gasteiger partial charge >= 0.3 is 17.9 Å². The molecule has 0 amide bonds. The molecular weight excluding hydrogens is 416 g/mol. The van der Waals surface area contributed by atoms with E-state index in [-0.39, 0.29) is 0 Å². The minimum absolute atomic E-state index is 0.792. The number of esters is 3. The Bertz CT molecular complexity index is 957. The van der Waals surface area contributed by atoms with Crippen LogP contribution < -0.4 is 0 Å². The van der Waals surface area contributed by atoms with Crippen LogP contribution in [0, 0.1) is 28.1 Å². The number of fused-ring (bicyclic) bond motifs is 1. The molecule has 2 saturated carbocycles. The van der Waals surface area contributed by atoms with Crippen molar-refractivity contribution in [3.05, 3.63) is 0 Å². The third kappa shape index (κ3) is 1.43. The van der Waals surface area contributed by atoms with E-state index >= 15 is 0 Å². The van der Waals surface area contributed by atoms with Gasteiger partial charge in [0.2, 0.25) is 11.9 Å². The Labute approximate surface area is 176 Å². The summed E-state index contributed by atoms with van der Waals surface area (Å²) in [6, 6.07) is 0. The van der Waals surface area contributed by atoms with Crippen LogP contribution >= 0.6 is 0 Å². The molecule has 1 unspecified atom stereocenters. The third-order valence-corrected chi connectivity index (χ3v) is 8.95. The molecule has 31 heavy (non-hydrogen) atoms. The number of aliphatic hydroxyl groups is 4. The van der Waals surface area contributed by atoms with Crippen molar-refractivity contribution in [2.75, 3.05) is 0 Å². The summed E-state index contributed by atoms with van der Waals surface area (Å²) in [4.78, 5) is 38.3. The average molecular weight is 440 g/mol. The molecule has 4 heterocycles. The zero-order chi connectivity index (χ0) is 22.7. The summed E-state index contributed by atoms with van der Waals surface area (Å²) in [5.74, 6) is -5.22. The van der Waals surface area contributed by atoms with E-state index in [1.165, 1.54) is 6.92 Å². The Morgan fingerprint density at radius 1 is 0.935 bits per heavy atom. The number of hydrogen-bond acceptors (Lipinski definition) is 11. The fourth-order valence-corrected chi connectivity index (χ4v) is 8.27.